The molecule has 2 aromatic rings. The first-order chi connectivity index (χ1) is 18.4. The number of amides is 4. The van der Waals surface area contributed by atoms with E-state index in [2.05, 4.69) is 5.32 Å². The molecule has 38 heavy (non-hydrogen) atoms. The summed E-state index contributed by atoms with van der Waals surface area (Å²) >= 11 is 0.778. The number of anilines is 1. The van der Waals surface area contributed by atoms with Crippen molar-refractivity contribution in [1.82, 2.24) is 9.80 Å². The van der Waals surface area contributed by atoms with Crippen molar-refractivity contribution >= 4 is 46.5 Å². The SMILES string of the molecule is CCOc1cc(/C=C2\SC(=O)N(CC(=O)Nc3ccc(CC)cc3)C2=O)ccc1OCC(=O)N1CCCC1. The summed E-state index contributed by atoms with van der Waals surface area (Å²) in [6.07, 6.45) is 4.48. The highest BCUT2D eigenvalue weighted by atomic mass is 32.2. The van der Waals surface area contributed by atoms with Crippen LogP contribution in [0, 0.1) is 0 Å². The molecule has 0 aliphatic carbocycles. The molecule has 1 N–H and O–H groups in total. The van der Waals surface area contributed by atoms with E-state index < -0.39 is 17.1 Å². The van der Waals surface area contributed by atoms with Gasteiger partial charge in [-0.25, -0.2) is 0 Å². The summed E-state index contributed by atoms with van der Waals surface area (Å²) in [7, 11) is 0. The topological polar surface area (TPSA) is 105 Å². The Kier molecular flexibility index (Phi) is 9.06. The smallest absolute Gasteiger partial charge is 0.294 e. The Morgan fingerprint density at radius 1 is 1.00 bits per heavy atom. The Morgan fingerprint density at radius 2 is 1.74 bits per heavy atom. The number of aryl methyl sites for hydroxylation is 1. The number of hydrogen-bond acceptors (Lipinski definition) is 7. The van der Waals surface area contributed by atoms with Gasteiger partial charge in [-0.05, 0) is 79.4 Å². The highest BCUT2D eigenvalue weighted by molar-refractivity contribution is 8.18. The van der Waals surface area contributed by atoms with E-state index in [-0.39, 0.29) is 24.0 Å². The number of benzene rings is 2. The van der Waals surface area contributed by atoms with E-state index in [4.69, 9.17) is 9.47 Å². The molecule has 200 valence electrons. The lowest BCUT2D eigenvalue weighted by molar-refractivity contribution is -0.132. The van der Waals surface area contributed by atoms with Crippen LogP contribution in [0.5, 0.6) is 11.5 Å². The number of hydrogen-bond donors (Lipinski definition) is 1. The maximum absolute atomic E-state index is 12.9. The van der Waals surface area contributed by atoms with E-state index >= 15 is 0 Å². The summed E-state index contributed by atoms with van der Waals surface area (Å²) in [5.41, 5.74) is 2.36. The molecule has 2 aliphatic rings. The van der Waals surface area contributed by atoms with Crippen LogP contribution in [0.3, 0.4) is 0 Å². The van der Waals surface area contributed by atoms with Crippen molar-refractivity contribution in [2.45, 2.75) is 33.1 Å². The van der Waals surface area contributed by atoms with E-state index in [0.717, 1.165) is 54.6 Å². The predicted octanol–water partition coefficient (Wildman–Crippen LogP) is 4.32. The second kappa shape index (κ2) is 12.6. The van der Waals surface area contributed by atoms with Crippen molar-refractivity contribution in [3.8, 4) is 11.5 Å². The van der Waals surface area contributed by atoms with Crippen molar-refractivity contribution in [3.63, 3.8) is 0 Å². The zero-order valence-electron chi connectivity index (χ0n) is 21.5. The van der Waals surface area contributed by atoms with Crippen molar-refractivity contribution in [3.05, 3.63) is 58.5 Å². The summed E-state index contributed by atoms with van der Waals surface area (Å²) in [4.78, 5) is 53.1. The van der Waals surface area contributed by atoms with E-state index in [0.29, 0.717) is 29.4 Å². The molecule has 0 atom stereocenters. The largest absolute Gasteiger partial charge is 0.490 e. The van der Waals surface area contributed by atoms with Gasteiger partial charge in [0.1, 0.15) is 6.54 Å². The molecule has 0 bridgehead atoms. The minimum Gasteiger partial charge on any atom is -0.490 e. The lowest BCUT2D eigenvalue weighted by Gasteiger charge is -2.17. The second-order valence-corrected chi connectivity index (χ2v) is 9.88. The predicted molar refractivity (Wildman–Crippen MR) is 146 cm³/mol. The molecular formula is C28H31N3O6S. The van der Waals surface area contributed by atoms with E-state index in [9.17, 15) is 19.2 Å². The fourth-order valence-electron chi connectivity index (χ4n) is 4.15. The minimum atomic E-state index is -0.536. The first-order valence-corrected chi connectivity index (χ1v) is 13.5. The molecular weight excluding hydrogens is 506 g/mol. The number of thioether (sulfide) groups is 1. The highest BCUT2D eigenvalue weighted by Crippen LogP contribution is 2.34. The van der Waals surface area contributed by atoms with Crippen molar-refractivity contribution < 1.29 is 28.7 Å². The number of likely N-dealkylation sites (tertiary alicyclic amines) is 1. The van der Waals surface area contributed by atoms with Crippen LogP contribution in [-0.2, 0) is 20.8 Å². The molecule has 0 aromatic heterocycles. The van der Waals surface area contributed by atoms with Gasteiger partial charge < -0.3 is 19.7 Å². The lowest BCUT2D eigenvalue weighted by Crippen LogP contribution is -2.36. The first-order valence-electron chi connectivity index (χ1n) is 12.7. The zero-order valence-corrected chi connectivity index (χ0v) is 22.3. The molecule has 2 saturated heterocycles. The summed E-state index contributed by atoms with van der Waals surface area (Å²) in [6, 6.07) is 12.5. The molecule has 9 nitrogen and oxygen atoms in total. The number of carbonyl (C=O) groups excluding carboxylic acids is 4. The maximum atomic E-state index is 12.9. The average molecular weight is 538 g/mol. The van der Waals surface area contributed by atoms with Crippen LogP contribution >= 0.6 is 11.8 Å². The monoisotopic (exact) mass is 537 g/mol. The number of ether oxygens (including phenoxy) is 2. The molecule has 2 aliphatic heterocycles. The molecule has 0 radical (unpaired) electrons. The molecule has 10 heteroatoms. The molecule has 2 heterocycles. The van der Waals surface area contributed by atoms with Crippen LogP contribution in [0.25, 0.3) is 6.08 Å². The minimum absolute atomic E-state index is 0.0651. The van der Waals surface area contributed by atoms with Gasteiger partial charge in [-0.2, -0.15) is 0 Å². The quantitative estimate of drug-likeness (QED) is 0.450. The average Bonchev–Trinajstić information content (AvgIpc) is 3.54. The van der Waals surface area contributed by atoms with Gasteiger partial charge in [0, 0.05) is 18.8 Å². The van der Waals surface area contributed by atoms with Crippen LogP contribution in [-0.4, -0.2) is 65.6 Å². The van der Waals surface area contributed by atoms with Gasteiger partial charge in [-0.15, -0.1) is 0 Å². The van der Waals surface area contributed by atoms with Gasteiger partial charge in [-0.3, -0.25) is 24.1 Å². The van der Waals surface area contributed by atoms with Crippen LogP contribution in [0.1, 0.15) is 37.8 Å². The number of rotatable bonds is 10. The van der Waals surface area contributed by atoms with E-state index in [1.807, 2.05) is 26.0 Å². The van der Waals surface area contributed by atoms with E-state index in [1.54, 1.807) is 41.3 Å². The number of imide groups is 1. The normalized spacial score (nSPS) is 16.3. The van der Waals surface area contributed by atoms with Crippen LogP contribution in [0.2, 0.25) is 0 Å². The maximum Gasteiger partial charge on any atom is 0.294 e. The Hall–Kier alpha value is -3.79. The number of nitrogens with zero attached hydrogens (tertiary/aromatic N) is 2. The fourth-order valence-corrected chi connectivity index (χ4v) is 4.99. The summed E-state index contributed by atoms with van der Waals surface area (Å²) in [5, 5.41) is 2.21. The highest BCUT2D eigenvalue weighted by Gasteiger charge is 2.36. The summed E-state index contributed by atoms with van der Waals surface area (Å²) in [5.74, 6) is -0.200. The Bertz CT molecular complexity index is 1240. The zero-order chi connectivity index (χ0) is 27.1. The molecule has 0 unspecified atom stereocenters. The summed E-state index contributed by atoms with van der Waals surface area (Å²) in [6.45, 7) is 5.30. The first kappa shape index (κ1) is 27.3. The van der Waals surface area contributed by atoms with Crippen LogP contribution < -0.4 is 14.8 Å². The van der Waals surface area contributed by atoms with Crippen molar-refractivity contribution in [2.24, 2.45) is 0 Å². The van der Waals surface area contributed by atoms with Crippen molar-refractivity contribution in [2.75, 3.05) is 38.2 Å². The van der Waals surface area contributed by atoms with Gasteiger partial charge in [0.05, 0.1) is 11.5 Å². The summed E-state index contributed by atoms with van der Waals surface area (Å²) < 4.78 is 11.4. The van der Waals surface area contributed by atoms with Gasteiger partial charge in [0.25, 0.3) is 17.1 Å². The Morgan fingerprint density at radius 3 is 2.42 bits per heavy atom. The van der Waals surface area contributed by atoms with Gasteiger partial charge in [0.2, 0.25) is 5.91 Å². The Labute approximate surface area is 226 Å². The molecule has 2 aromatic carbocycles. The molecule has 0 spiro atoms. The Balaban J connectivity index is 1.40. The third-order valence-corrected chi connectivity index (χ3v) is 7.10. The third-order valence-electron chi connectivity index (χ3n) is 6.20. The molecule has 0 saturated carbocycles. The fraction of sp³-hybridized carbons (Fsp3) is 0.357. The van der Waals surface area contributed by atoms with E-state index in [1.165, 1.54) is 0 Å². The van der Waals surface area contributed by atoms with Crippen molar-refractivity contribution in [1.29, 1.82) is 0 Å². The van der Waals surface area contributed by atoms with Gasteiger partial charge >= 0.3 is 0 Å². The van der Waals surface area contributed by atoms with Gasteiger partial charge in [0.15, 0.2) is 18.1 Å². The standard InChI is InChI=1S/C28H31N3O6S/c1-3-19-7-10-21(11-8-19)29-25(32)17-31-27(34)24(38-28(31)35)16-20-9-12-22(23(15-20)36-4-2)37-18-26(33)30-13-5-6-14-30/h7-12,15-16H,3-6,13-14,17-18H2,1-2H3,(H,29,32)/b24-16-. The molecule has 4 rings (SSSR count). The second-order valence-electron chi connectivity index (χ2n) is 8.88. The number of carbonyl (C=O) groups is 4. The molecule has 4 amide bonds. The number of nitrogens with one attached hydrogen (secondary N) is 1. The third kappa shape index (κ3) is 6.74. The van der Waals surface area contributed by atoms with Crippen LogP contribution in [0.15, 0.2) is 47.4 Å². The van der Waals surface area contributed by atoms with Gasteiger partial charge in [-0.1, -0.05) is 25.1 Å². The lowest BCUT2D eigenvalue weighted by atomic mass is 10.1. The van der Waals surface area contributed by atoms with Crippen LogP contribution in [0.4, 0.5) is 10.5 Å². The molecule has 2 fully saturated rings.